The molecule has 0 saturated carbocycles. The molecular weight excluding hydrogens is 384 g/mol. The van der Waals surface area contributed by atoms with Gasteiger partial charge in [0.05, 0.1) is 0 Å². The Hall–Kier alpha value is -0.200. The van der Waals surface area contributed by atoms with E-state index in [9.17, 15) is 0 Å². The van der Waals surface area contributed by atoms with Gasteiger partial charge in [-0.3, -0.25) is 0 Å². The topological polar surface area (TPSA) is 0 Å². The average molecular weight is 418 g/mol. The molecule has 2 aromatic rings. The summed E-state index contributed by atoms with van der Waals surface area (Å²) in [6.45, 7) is 3.06. The van der Waals surface area contributed by atoms with E-state index in [1.54, 1.807) is 22.3 Å². The third-order valence-corrected chi connectivity index (χ3v) is 4.30. The van der Waals surface area contributed by atoms with Crippen LogP contribution in [0.5, 0.6) is 0 Å². The molecule has 0 amide bonds. The molecule has 4 rings (SSSR count). The fourth-order valence-electron chi connectivity index (χ4n) is 3.23. The maximum Gasteiger partial charge on any atom is -0.0512 e. The van der Waals surface area contributed by atoms with Crippen molar-refractivity contribution in [1.82, 2.24) is 0 Å². The molecule has 0 saturated heterocycles. The maximum atomic E-state index is 3.06. The first-order valence-corrected chi connectivity index (χ1v) is 11.8. The normalized spacial score (nSPS) is 13.1. The van der Waals surface area contributed by atoms with Crippen molar-refractivity contribution in [3.05, 3.63) is 88.4 Å². The summed E-state index contributed by atoms with van der Waals surface area (Å²) in [5.41, 5.74) is 6.39. The zero-order valence-electron chi connectivity index (χ0n) is 16.1. The SMILES string of the molecule is [CH3-].[CH3-].[CH3-].[CH3-].[Si]=[Zr].c1cc2c([cH-]1)CCCC2.c1cc2c([cH-]1)CCCC2. The number of rotatable bonds is 0. The number of fused-ring (bicyclic) bond motifs is 2. The van der Waals surface area contributed by atoms with E-state index >= 15 is 0 Å². The van der Waals surface area contributed by atoms with E-state index in [0.29, 0.717) is 0 Å². The second-order valence-corrected chi connectivity index (χ2v) is 5.57. The van der Waals surface area contributed by atoms with E-state index in [-0.39, 0.29) is 29.7 Å². The first-order valence-electron chi connectivity index (χ1n) is 7.65. The quantitative estimate of drug-likeness (QED) is 0.365. The average Bonchev–Trinajstić information content (AvgIpc) is 3.18. The molecule has 2 aliphatic carbocycles. The van der Waals surface area contributed by atoms with Crippen molar-refractivity contribution in [2.45, 2.75) is 51.4 Å². The third kappa shape index (κ3) is 8.26. The van der Waals surface area contributed by atoms with Crippen LogP contribution in [0.25, 0.3) is 0 Å². The van der Waals surface area contributed by atoms with Crippen LogP contribution in [0.15, 0.2) is 36.4 Å². The van der Waals surface area contributed by atoms with Crippen LogP contribution in [0.3, 0.4) is 0 Å². The summed E-state index contributed by atoms with van der Waals surface area (Å²) >= 11 is 1.36. The molecule has 2 radical (unpaired) electrons. The van der Waals surface area contributed by atoms with Crippen LogP contribution in [-0.2, 0) is 49.0 Å². The molecule has 2 aromatic carbocycles. The smallest absolute Gasteiger partial charge is 0.0512 e. The monoisotopic (exact) mass is 416 g/mol. The maximum absolute atomic E-state index is 3.06. The molecule has 0 N–H and O–H groups in total. The molecule has 0 nitrogen and oxygen atoms in total. The van der Waals surface area contributed by atoms with Gasteiger partial charge >= 0.3 is 30.2 Å². The third-order valence-electron chi connectivity index (χ3n) is 4.30. The van der Waals surface area contributed by atoms with Gasteiger partial charge in [0.25, 0.3) is 0 Å². The van der Waals surface area contributed by atoms with Crippen molar-refractivity contribution in [3.8, 4) is 0 Å². The van der Waals surface area contributed by atoms with Crippen LogP contribution in [0.1, 0.15) is 47.9 Å². The summed E-state index contributed by atoms with van der Waals surface area (Å²) in [5.74, 6) is 0. The van der Waals surface area contributed by atoms with Crippen molar-refractivity contribution >= 4 is 6.88 Å². The van der Waals surface area contributed by atoms with Gasteiger partial charge in [-0.2, -0.15) is 46.5 Å². The summed E-state index contributed by atoms with van der Waals surface area (Å²) in [7, 11) is 0. The van der Waals surface area contributed by atoms with Gasteiger partial charge in [0, 0.05) is 0 Å². The molecule has 136 valence electrons. The fraction of sp³-hybridized carbons (Fsp3) is 0.364. The fourth-order valence-corrected chi connectivity index (χ4v) is 3.23. The Bertz CT molecular complexity index is 422. The van der Waals surface area contributed by atoms with Crippen molar-refractivity contribution in [3.63, 3.8) is 0 Å². The van der Waals surface area contributed by atoms with Gasteiger partial charge in [0.2, 0.25) is 0 Å². The van der Waals surface area contributed by atoms with Gasteiger partial charge < -0.3 is 29.7 Å². The van der Waals surface area contributed by atoms with Crippen molar-refractivity contribution in [1.29, 1.82) is 0 Å². The molecule has 0 spiro atoms. The van der Waals surface area contributed by atoms with Crippen LogP contribution >= 0.6 is 0 Å². The predicted molar refractivity (Wildman–Crippen MR) is 109 cm³/mol. The van der Waals surface area contributed by atoms with Crippen LogP contribution in [0.4, 0.5) is 0 Å². The summed E-state index contributed by atoms with van der Waals surface area (Å²) in [6, 6.07) is 13.4. The van der Waals surface area contributed by atoms with Gasteiger partial charge in [-0.15, -0.1) is 0 Å². The van der Waals surface area contributed by atoms with Crippen molar-refractivity contribution < 1.29 is 23.3 Å². The Morgan fingerprint density at radius 2 is 0.958 bits per heavy atom. The predicted octanol–water partition coefficient (Wildman–Crippen LogP) is 5.99. The molecule has 0 aromatic heterocycles. The number of hydrogen-bond donors (Lipinski definition) is 0. The number of hydrogen-bond acceptors (Lipinski definition) is 0. The largest absolute Gasteiger partial charge is 0.210 e. The van der Waals surface area contributed by atoms with Gasteiger partial charge in [-0.05, 0) is 0 Å². The number of aryl methyl sites for hydroxylation is 4. The first-order chi connectivity index (χ1) is 9.93. The Morgan fingerprint density at radius 3 is 1.29 bits per heavy atom. The Kier molecular flexibility index (Phi) is 19.4. The van der Waals surface area contributed by atoms with E-state index in [1.165, 1.54) is 74.7 Å². The summed E-state index contributed by atoms with van der Waals surface area (Å²) in [4.78, 5) is 0. The Labute approximate surface area is 169 Å². The molecule has 0 atom stereocenters. The minimum Gasteiger partial charge on any atom is -0.210 e. The summed E-state index contributed by atoms with van der Waals surface area (Å²) in [5, 5.41) is 0. The van der Waals surface area contributed by atoms with Gasteiger partial charge in [-0.25, -0.2) is 12.1 Å². The molecule has 0 unspecified atom stereocenters. The van der Waals surface area contributed by atoms with E-state index < -0.39 is 0 Å². The molecular formula is C22H34SiZr-6. The summed E-state index contributed by atoms with van der Waals surface area (Å²) in [6.07, 6.45) is 10.9. The summed E-state index contributed by atoms with van der Waals surface area (Å²) < 4.78 is 0. The second kappa shape index (κ2) is 16.3. The molecule has 0 aliphatic heterocycles. The van der Waals surface area contributed by atoms with Crippen LogP contribution in [0, 0.1) is 29.7 Å². The van der Waals surface area contributed by atoms with Crippen LogP contribution in [-0.4, -0.2) is 6.88 Å². The zero-order valence-corrected chi connectivity index (χ0v) is 19.6. The molecule has 2 aliphatic rings. The van der Waals surface area contributed by atoms with Gasteiger partial charge in [-0.1, -0.05) is 51.4 Å². The molecule has 0 bridgehead atoms. The molecule has 2 heteroatoms. The van der Waals surface area contributed by atoms with Crippen LogP contribution < -0.4 is 0 Å². The van der Waals surface area contributed by atoms with Crippen molar-refractivity contribution in [2.75, 3.05) is 0 Å². The minimum atomic E-state index is 0. The van der Waals surface area contributed by atoms with Gasteiger partial charge in [0.1, 0.15) is 0 Å². The minimum absolute atomic E-state index is 0. The van der Waals surface area contributed by atoms with E-state index in [2.05, 4.69) is 43.3 Å². The van der Waals surface area contributed by atoms with Crippen LogP contribution in [0.2, 0.25) is 0 Å². The van der Waals surface area contributed by atoms with E-state index in [0.717, 1.165) is 0 Å². The standard InChI is InChI=1S/2C9H11.4CH3.Si.Zr/c2*1-2-5-9-7-3-6-8(9)4-1;;;;;;/h2*3,6-7H,1-2,4-5H2;4*1H3;;/q6*-1;;. The van der Waals surface area contributed by atoms with Gasteiger partial charge in [0.15, 0.2) is 0 Å². The van der Waals surface area contributed by atoms with E-state index in [1.807, 2.05) is 0 Å². The zero-order chi connectivity index (χ0) is 14.2. The second-order valence-electron chi connectivity index (χ2n) is 5.57. The first kappa shape index (κ1) is 28.6. The van der Waals surface area contributed by atoms with Crippen molar-refractivity contribution in [2.24, 2.45) is 0 Å². The Morgan fingerprint density at radius 1 is 0.625 bits per heavy atom. The Balaban J connectivity index is -0.000000290. The molecule has 0 fully saturated rings. The molecule has 24 heavy (non-hydrogen) atoms. The van der Waals surface area contributed by atoms with E-state index in [4.69, 9.17) is 0 Å². The molecule has 0 heterocycles.